The standard InChI is InChI=1S/C80H156O17P2/c1-8-9-10-11-12-13-14-15-16-17-18-19-20-23-27-33-42-49-56-63-79(84)96-75(67-90-77(82)61-54-47-40-32-26-24-21-22-25-30-37-44-51-58-71(2)3)69-94-98(86,87)92-65-74(81)66-93-99(88,89)95-70-76(68-91-78(83)62-55-48-41-36-35-39-46-53-60-73(6)7)97-80(85)64-57-50-43-34-29-28-31-38-45-52-59-72(4)5/h71-76,81H,8-70H2,1-7H3,(H,86,87)(H,88,89)/t74-,75-,76-/m1/s1. The van der Waals surface area contributed by atoms with Gasteiger partial charge in [-0.05, 0) is 43.4 Å². The van der Waals surface area contributed by atoms with Gasteiger partial charge >= 0.3 is 39.5 Å². The van der Waals surface area contributed by atoms with Gasteiger partial charge in [-0.25, -0.2) is 9.13 Å². The third-order valence-electron chi connectivity index (χ3n) is 18.6. The summed E-state index contributed by atoms with van der Waals surface area (Å²) in [7, 11) is -9.92. The zero-order valence-electron chi connectivity index (χ0n) is 65.0. The van der Waals surface area contributed by atoms with Crippen molar-refractivity contribution < 1.29 is 80.2 Å². The summed E-state index contributed by atoms with van der Waals surface area (Å²) < 4.78 is 68.7. The fourth-order valence-corrected chi connectivity index (χ4v) is 13.9. The number of aliphatic hydroxyl groups is 1. The van der Waals surface area contributed by atoms with Crippen LogP contribution in [-0.4, -0.2) is 96.7 Å². The Balaban J connectivity index is 5.25. The third-order valence-corrected chi connectivity index (χ3v) is 20.5. The molecule has 0 aliphatic heterocycles. The highest BCUT2D eigenvalue weighted by atomic mass is 31.2. The molecule has 17 nitrogen and oxygen atoms in total. The van der Waals surface area contributed by atoms with E-state index in [1.54, 1.807) is 0 Å². The van der Waals surface area contributed by atoms with Gasteiger partial charge in [-0.15, -0.1) is 0 Å². The lowest BCUT2D eigenvalue weighted by Crippen LogP contribution is -2.30. The zero-order valence-corrected chi connectivity index (χ0v) is 66.8. The Morgan fingerprint density at radius 1 is 0.273 bits per heavy atom. The summed E-state index contributed by atoms with van der Waals surface area (Å²) in [6, 6.07) is 0. The van der Waals surface area contributed by atoms with Gasteiger partial charge in [0.25, 0.3) is 0 Å². The first kappa shape index (κ1) is 97.1. The predicted molar refractivity (Wildman–Crippen MR) is 405 cm³/mol. The van der Waals surface area contributed by atoms with Crippen molar-refractivity contribution in [1.82, 2.24) is 0 Å². The van der Waals surface area contributed by atoms with Crippen molar-refractivity contribution in [3.05, 3.63) is 0 Å². The number of esters is 4. The van der Waals surface area contributed by atoms with Gasteiger partial charge in [-0.2, -0.15) is 0 Å². The number of carbonyl (C=O) groups is 4. The van der Waals surface area contributed by atoms with E-state index in [0.29, 0.717) is 25.7 Å². The van der Waals surface area contributed by atoms with Crippen LogP contribution >= 0.6 is 15.6 Å². The quantitative estimate of drug-likeness (QED) is 0.0222. The van der Waals surface area contributed by atoms with Crippen LogP contribution in [-0.2, 0) is 65.4 Å². The summed E-state index contributed by atoms with van der Waals surface area (Å²) in [6.07, 6.45) is 58.3. The van der Waals surface area contributed by atoms with Gasteiger partial charge in [0, 0.05) is 25.7 Å². The number of unbranched alkanes of at least 4 members (excludes halogenated alkanes) is 46. The van der Waals surface area contributed by atoms with Crippen molar-refractivity contribution in [1.29, 1.82) is 0 Å². The zero-order chi connectivity index (χ0) is 73.0. The molecule has 588 valence electrons. The molecule has 0 fully saturated rings. The molecule has 19 heteroatoms. The molecule has 5 atom stereocenters. The first-order chi connectivity index (χ1) is 47.7. The SMILES string of the molecule is CCCCCCCCCCCCCCCCCCCCCC(=O)O[C@H](COC(=O)CCCCCCCCCCCCCCCC(C)C)COP(=O)(O)OC[C@@H](O)COP(=O)(O)OC[C@@H](COC(=O)CCCCCCCCCCC(C)C)OC(=O)CCCCCCCCCCCCC(C)C. The maximum absolute atomic E-state index is 13.1. The van der Waals surface area contributed by atoms with Crippen LogP contribution in [0.4, 0.5) is 0 Å². The number of aliphatic hydroxyl groups excluding tert-OH is 1. The van der Waals surface area contributed by atoms with Crippen molar-refractivity contribution in [2.75, 3.05) is 39.6 Å². The Bertz CT molecular complexity index is 1920. The second kappa shape index (κ2) is 70.4. The maximum Gasteiger partial charge on any atom is 0.472 e. The van der Waals surface area contributed by atoms with Crippen LogP contribution in [0.2, 0.25) is 0 Å². The molecular weight excluding hydrogens is 1290 g/mol. The second-order valence-corrected chi connectivity index (χ2v) is 33.1. The molecule has 0 amide bonds. The van der Waals surface area contributed by atoms with E-state index in [4.69, 9.17) is 37.0 Å². The topological polar surface area (TPSA) is 237 Å². The first-order valence-electron chi connectivity index (χ1n) is 41.3. The van der Waals surface area contributed by atoms with Gasteiger partial charge in [0.15, 0.2) is 12.2 Å². The van der Waals surface area contributed by atoms with E-state index >= 15 is 0 Å². The molecule has 2 unspecified atom stereocenters. The molecule has 0 aromatic heterocycles. The average molecular weight is 1450 g/mol. The van der Waals surface area contributed by atoms with E-state index < -0.39 is 97.5 Å². The normalized spacial score (nSPS) is 14.0. The third kappa shape index (κ3) is 74.1. The fourth-order valence-electron chi connectivity index (χ4n) is 12.3. The maximum atomic E-state index is 13.1. The Morgan fingerprint density at radius 2 is 0.465 bits per heavy atom. The van der Waals surface area contributed by atoms with E-state index in [1.165, 1.54) is 225 Å². The van der Waals surface area contributed by atoms with Gasteiger partial charge in [0.05, 0.1) is 26.4 Å². The Morgan fingerprint density at radius 3 is 0.687 bits per heavy atom. The molecule has 0 radical (unpaired) electrons. The van der Waals surface area contributed by atoms with E-state index in [-0.39, 0.29) is 25.7 Å². The molecule has 0 heterocycles. The Kier molecular flexibility index (Phi) is 69.0. The van der Waals surface area contributed by atoms with Crippen molar-refractivity contribution in [2.24, 2.45) is 17.8 Å². The molecule has 0 rings (SSSR count). The average Bonchev–Trinajstić information content (AvgIpc) is 1.12. The van der Waals surface area contributed by atoms with E-state index in [1.807, 2.05) is 0 Å². The molecule has 0 aromatic carbocycles. The van der Waals surface area contributed by atoms with Crippen LogP contribution < -0.4 is 0 Å². The molecular formula is C80H156O17P2. The van der Waals surface area contributed by atoms with E-state index in [0.717, 1.165) is 108 Å². The summed E-state index contributed by atoms with van der Waals surface area (Å²) >= 11 is 0. The number of ether oxygens (including phenoxy) is 4. The van der Waals surface area contributed by atoms with Crippen LogP contribution in [0.3, 0.4) is 0 Å². The largest absolute Gasteiger partial charge is 0.472 e. The minimum Gasteiger partial charge on any atom is -0.462 e. The van der Waals surface area contributed by atoms with Gasteiger partial charge in [-0.3, -0.25) is 37.3 Å². The van der Waals surface area contributed by atoms with Crippen LogP contribution in [0.1, 0.15) is 414 Å². The van der Waals surface area contributed by atoms with Gasteiger partial charge in [-0.1, -0.05) is 363 Å². The monoisotopic (exact) mass is 1450 g/mol. The van der Waals surface area contributed by atoms with E-state index in [9.17, 15) is 43.2 Å². The van der Waals surface area contributed by atoms with Crippen LogP contribution in [0, 0.1) is 17.8 Å². The fraction of sp³-hybridized carbons (Fsp3) is 0.950. The van der Waals surface area contributed by atoms with Gasteiger partial charge in [0.2, 0.25) is 0 Å². The van der Waals surface area contributed by atoms with E-state index in [2.05, 4.69) is 48.5 Å². The lowest BCUT2D eigenvalue weighted by Gasteiger charge is -2.21. The lowest BCUT2D eigenvalue weighted by atomic mass is 10.0. The minimum absolute atomic E-state index is 0.105. The molecule has 0 aromatic rings. The summed E-state index contributed by atoms with van der Waals surface area (Å²) in [6.45, 7) is 11.9. The van der Waals surface area contributed by atoms with Gasteiger partial charge in [0.1, 0.15) is 19.3 Å². The first-order valence-corrected chi connectivity index (χ1v) is 44.3. The summed E-state index contributed by atoms with van der Waals surface area (Å²) in [5.74, 6) is 0.156. The number of phosphoric acid groups is 2. The molecule has 0 aliphatic carbocycles. The molecule has 0 bridgehead atoms. The molecule has 99 heavy (non-hydrogen) atoms. The Labute approximate surface area is 607 Å². The number of hydrogen-bond donors (Lipinski definition) is 3. The predicted octanol–water partition coefficient (Wildman–Crippen LogP) is 23.7. The van der Waals surface area contributed by atoms with Crippen LogP contribution in [0.25, 0.3) is 0 Å². The Hall–Kier alpha value is -1.94. The van der Waals surface area contributed by atoms with Crippen LogP contribution in [0.15, 0.2) is 0 Å². The lowest BCUT2D eigenvalue weighted by molar-refractivity contribution is -0.161. The minimum atomic E-state index is -4.96. The summed E-state index contributed by atoms with van der Waals surface area (Å²) in [5, 5.41) is 10.6. The highest BCUT2D eigenvalue weighted by Crippen LogP contribution is 2.45. The van der Waals surface area contributed by atoms with Crippen molar-refractivity contribution >= 4 is 39.5 Å². The summed E-state index contributed by atoms with van der Waals surface area (Å²) in [5.41, 5.74) is 0. The number of rotatable bonds is 78. The highest BCUT2D eigenvalue weighted by Gasteiger charge is 2.30. The number of hydrogen-bond acceptors (Lipinski definition) is 15. The molecule has 0 saturated carbocycles. The second-order valence-electron chi connectivity index (χ2n) is 30.2. The van der Waals surface area contributed by atoms with Crippen molar-refractivity contribution in [3.8, 4) is 0 Å². The van der Waals surface area contributed by atoms with Crippen LogP contribution in [0.5, 0.6) is 0 Å². The number of carbonyl (C=O) groups excluding carboxylic acids is 4. The smallest absolute Gasteiger partial charge is 0.462 e. The molecule has 0 spiro atoms. The highest BCUT2D eigenvalue weighted by molar-refractivity contribution is 7.47. The van der Waals surface area contributed by atoms with Crippen molar-refractivity contribution in [2.45, 2.75) is 433 Å². The molecule has 3 N–H and O–H groups in total. The molecule has 0 aliphatic rings. The van der Waals surface area contributed by atoms with Crippen molar-refractivity contribution in [3.63, 3.8) is 0 Å². The number of phosphoric ester groups is 2. The van der Waals surface area contributed by atoms with Gasteiger partial charge < -0.3 is 33.8 Å². The molecule has 0 saturated heterocycles. The summed E-state index contributed by atoms with van der Waals surface area (Å²) in [4.78, 5) is 73.0.